The molecule has 0 fully saturated rings. The Kier molecular flexibility index (Phi) is 6.03. The molecule has 0 spiro atoms. The quantitative estimate of drug-likeness (QED) is 0.813. The van der Waals surface area contributed by atoms with E-state index in [1.54, 1.807) is 11.3 Å². The number of hydrogen-bond acceptors (Lipinski definition) is 4. The minimum Gasteiger partial charge on any atom is -0.349 e. The molecule has 0 saturated heterocycles. The Balaban J connectivity index is 1.94. The van der Waals surface area contributed by atoms with Gasteiger partial charge in [-0.3, -0.25) is 0 Å². The Labute approximate surface area is 136 Å². The zero-order valence-electron chi connectivity index (χ0n) is 12.8. The molecule has 0 aliphatic carbocycles. The van der Waals surface area contributed by atoms with Crippen molar-refractivity contribution >= 4 is 28.1 Å². The topological polar surface area (TPSA) is 28.2 Å². The van der Waals surface area contributed by atoms with Crippen LogP contribution in [-0.2, 0) is 6.54 Å². The first-order valence-electron chi connectivity index (χ1n) is 7.32. The van der Waals surface area contributed by atoms with Crippen LogP contribution in [0.2, 0.25) is 5.02 Å². The smallest absolute Gasteiger partial charge is 0.185 e. The number of thiazole rings is 1. The van der Waals surface area contributed by atoms with Gasteiger partial charge in [0.1, 0.15) is 0 Å². The Morgan fingerprint density at radius 2 is 2.10 bits per heavy atom. The van der Waals surface area contributed by atoms with Crippen molar-refractivity contribution in [2.24, 2.45) is 0 Å². The van der Waals surface area contributed by atoms with Crippen molar-refractivity contribution in [3.8, 4) is 0 Å². The summed E-state index contributed by atoms with van der Waals surface area (Å²) in [5.41, 5.74) is 1.20. The first kappa shape index (κ1) is 16.3. The van der Waals surface area contributed by atoms with Crippen molar-refractivity contribution in [2.45, 2.75) is 33.4 Å². The van der Waals surface area contributed by atoms with Crippen LogP contribution in [-0.4, -0.2) is 18.1 Å². The molecule has 0 bridgehead atoms. The number of benzene rings is 1. The van der Waals surface area contributed by atoms with Crippen molar-refractivity contribution in [3.63, 3.8) is 0 Å². The second-order valence-corrected chi connectivity index (χ2v) is 6.47. The number of nitrogens with zero attached hydrogens (tertiary/aromatic N) is 2. The summed E-state index contributed by atoms with van der Waals surface area (Å²) in [5.74, 6) is 0. The van der Waals surface area contributed by atoms with Gasteiger partial charge >= 0.3 is 0 Å². The summed E-state index contributed by atoms with van der Waals surface area (Å²) in [6.45, 7) is 9.28. The molecule has 0 saturated carbocycles. The third-order valence-corrected chi connectivity index (χ3v) is 4.80. The monoisotopic (exact) mass is 323 g/mol. The molecule has 0 radical (unpaired) electrons. The Bertz CT molecular complexity index is 566. The van der Waals surface area contributed by atoms with E-state index in [0.717, 1.165) is 29.8 Å². The van der Waals surface area contributed by atoms with E-state index in [1.807, 2.05) is 24.4 Å². The van der Waals surface area contributed by atoms with Crippen LogP contribution in [0.15, 0.2) is 30.5 Å². The lowest BCUT2D eigenvalue weighted by Gasteiger charge is -2.16. The van der Waals surface area contributed by atoms with Gasteiger partial charge in [0.15, 0.2) is 5.13 Å². The predicted octanol–water partition coefficient (Wildman–Crippen LogP) is 4.49. The molecule has 2 aromatic rings. The number of nitrogens with one attached hydrogen (secondary N) is 1. The normalized spacial score (nSPS) is 12.4. The summed E-state index contributed by atoms with van der Waals surface area (Å²) < 4.78 is 0. The highest BCUT2D eigenvalue weighted by atomic mass is 35.5. The van der Waals surface area contributed by atoms with E-state index in [1.165, 1.54) is 10.4 Å². The standard InChI is InChI=1S/C16H22ClN3S/c1-4-20(5-2)16-19-11-15(21-16)10-18-12(3)13-7-6-8-14(17)9-13/h6-9,11-12,18H,4-5,10H2,1-3H3. The summed E-state index contributed by atoms with van der Waals surface area (Å²) in [7, 11) is 0. The van der Waals surface area contributed by atoms with Gasteiger partial charge in [0, 0.05) is 41.8 Å². The molecule has 0 amide bonds. The maximum atomic E-state index is 6.03. The number of aromatic nitrogens is 1. The van der Waals surface area contributed by atoms with Crippen molar-refractivity contribution in [3.05, 3.63) is 45.9 Å². The Morgan fingerprint density at radius 3 is 2.76 bits per heavy atom. The molecule has 1 atom stereocenters. The van der Waals surface area contributed by atoms with E-state index in [2.05, 4.69) is 42.0 Å². The Morgan fingerprint density at radius 1 is 1.33 bits per heavy atom. The first-order valence-corrected chi connectivity index (χ1v) is 8.52. The molecule has 0 aliphatic rings. The van der Waals surface area contributed by atoms with Crippen LogP contribution in [0.3, 0.4) is 0 Å². The molecule has 5 heteroatoms. The van der Waals surface area contributed by atoms with Gasteiger partial charge in [-0.15, -0.1) is 11.3 Å². The Hall–Kier alpha value is -1.10. The van der Waals surface area contributed by atoms with Crippen LogP contribution in [0.5, 0.6) is 0 Å². The van der Waals surface area contributed by atoms with Crippen molar-refractivity contribution in [1.82, 2.24) is 10.3 Å². The van der Waals surface area contributed by atoms with Crippen molar-refractivity contribution in [1.29, 1.82) is 0 Å². The van der Waals surface area contributed by atoms with Gasteiger partial charge in [-0.1, -0.05) is 23.7 Å². The van der Waals surface area contributed by atoms with Gasteiger partial charge in [-0.2, -0.15) is 0 Å². The zero-order chi connectivity index (χ0) is 15.2. The molecule has 2 rings (SSSR count). The van der Waals surface area contributed by atoms with Gasteiger partial charge in [-0.25, -0.2) is 4.98 Å². The maximum absolute atomic E-state index is 6.03. The maximum Gasteiger partial charge on any atom is 0.185 e. The summed E-state index contributed by atoms with van der Waals surface area (Å²) in [6, 6.07) is 8.26. The van der Waals surface area contributed by atoms with Crippen LogP contribution >= 0.6 is 22.9 Å². The highest BCUT2D eigenvalue weighted by Gasteiger charge is 2.09. The fraction of sp³-hybridized carbons (Fsp3) is 0.438. The largest absolute Gasteiger partial charge is 0.349 e. The molecule has 1 aromatic carbocycles. The van der Waals surface area contributed by atoms with Crippen LogP contribution in [0.25, 0.3) is 0 Å². The van der Waals surface area contributed by atoms with Gasteiger partial charge in [-0.05, 0) is 38.5 Å². The van der Waals surface area contributed by atoms with Gasteiger partial charge in [0.05, 0.1) is 0 Å². The number of hydrogen-bond donors (Lipinski definition) is 1. The van der Waals surface area contributed by atoms with Crippen LogP contribution in [0.4, 0.5) is 5.13 Å². The van der Waals surface area contributed by atoms with E-state index < -0.39 is 0 Å². The number of rotatable bonds is 7. The van der Waals surface area contributed by atoms with Gasteiger partial charge in [0.25, 0.3) is 0 Å². The van der Waals surface area contributed by atoms with E-state index in [4.69, 9.17) is 11.6 Å². The summed E-state index contributed by atoms with van der Waals surface area (Å²) in [6.07, 6.45) is 1.97. The third-order valence-electron chi connectivity index (χ3n) is 3.51. The fourth-order valence-corrected chi connectivity index (χ4v) is 3.35. The lowest BCUT2D eigenvalue weighted by molar-refractivity contribution is 0.578. The zero-order valence-corrected chi connectivity index (χ0v) is 14.3. The second kappa shape index (κ2) is 7.78. The van der Waals surface area contributed by atoms with Crippen LogP contribution in [0.1, 0.15) is 37.3 Å². The summed E-state index contributed by atoms with van der Waals surface area (Å²) >= 11 is 7.79. The summed E-state index contributed by atoms with van der Waals surface area (Å²) in [5, 5.41) is 5.41. The highest BCUT2D eigenvalue weighted by molar-refractivity contribution is 7.15. The lowest BCUT2D eigenvalue weighted by Crippen LogP contribution is -2.21. The second-order valence-electron chi connectivity index (χ2n) is 4.94. The molecule has 21 heavy (non-hydrogen) atoms. The number of anilines is 1. The first-order chi connectivity index (χ1) is 10.1. The SMILES string of the molecule is CCN(CC)c1ncc(CNC(C)c2cccc(Cl)c2)s1. The van der Waals surface area contributed by atoms with Crippen molar-refractivity contribution in [2.75, 3.05) is 18.0 Å². The van der Waals surface area contributed by atoms with E-state index in [-0.39, 0.29) is 6.04 Å². The molecule has 3 nitrogen and oxygen atoms in total. The molecule has 114 valence electrons. The van der Waals surface area contributed by atoms with E-state index >= 15 is 0 Å². The minimum absolute atomic E-state index is 0.266. The van der Waals surface area contributed by atoms with Gasteiger partial charge in [0.2, 0.25) is 0 Å². The minimum atomic E-state index is 0.266. The average molecular weight is 324 g/mol. The van der Waals surface area contributed by atoms with Gasteiger partial charge < -0.3 is 10.2 Å². The summed E-state index contributed by atoms with van der Waals surface area (Å²) in [4.78, 5) is 8.03. The predicted molar refractivity (Wildman–Crippen MR) is 92.4 cm³/mol. The fourth-order valence-electron chi connectivity index (χ4n) is 2.17. The molecule has 0 aliphatic heterocycles. The average Bonchev–Trinajstić information content (AvgIpc) is 2.95. The molecule has 1 unspecified atom stereocenters. The lowest BCUT2D eigenvalue weighted by atomic mass is 10.1. The van der Waals surface area contributed by atoms with E-state index in [0.29, 0.717) is 0 Å². The molecular weight excluding hydrogens is 302 g/mol. The highest BCUT2D eigenvalue weighted by Crippen LogP contribution is 2.23. The molecule has 1 N–H and O–H groups in total. The van der Waals surface area contributed by atoms with Crippen molar-refractivity contribution < 1.29 is 0 Å². The molecule has 1 heterocycles. The molecular formula is C16H22ClN3S. The molecule has 1 aromatic heterocycles. The van der Waals surface area contributed by atoms with E-state index in [9.17, 15) is 0 Å². The number of halogens is 1. The van der Waals surface area contributed by atoms with Crippen LogP contribution in [0, 0.1) is 0 Å². The third kappa shape index (κ3) is 4.43. The van der Waals surface area contributed by atoms with Crippen LogP contribution < -0.4 is 10.2 Å².